The van der Waals surface area contributed by atoms with Crippen LogP contribution < -0.4 is 14.2 Å². The van der Waals surface area contributed by atoms with E-state index in [4.69, 9.17) is 18.9 Å². The normalized spacial score (nSPS) is 14.1. The fourth-order valence-corrected chi connectivity index (χ4v) is 3.32. The third-order valence-electron chi connectivity index (χ3n) is 4.92. The maximum atomic E-state index is 12.4. The van der Waals surface area contributed by atoms with Gasteiger partial charge in [0.15, 0.2) is 11.5 Å². The van der Waals surface area contributed by atoms with Gasteiger partial charge in [-0.2, -0.15) is 0 Å². The van der Waals surface area contributed by atoms with Crippen molar-refractivity contribution in [1.82, 2.24) is 0 Å². The molecule has 4 rings (SSSR count). The van der Waals surface area contributed by atoms with Crippen LogP contribution in [0.15, 0.2) is 84.4 Å². The third kappa shape index (κ3) is 5.01. The summed E-state index contributed by atoms with van der Waals surface area (Å²) in [6, 6.07) is 22.9. The van der Waals surface area contributed by atoms with Crippen molar-refractivity contribution < 1.29 is 23.7 Å². The minimum atomic E-state index is -0.391. The summed E-state index contributed by atoms with van der Waals surface area (Å²) in [5, 5.41) is 0. The summed E-state index contributed by atoms with van der Waals surface area (Å²) >= 11 is 0. The Hall–Kier alpha value is -3.99. The van der Waals surface area contributed by atoms with Crippen LogP contribution in [0.5, 0.6) is 17.2 Å². The Bertz CT molecular complexity index is 1140. The second-order valence-corrected chi connectivity index (χ2v) is 7.14. The smallest absolute Gasteiger partial charge is 0.343 e. The summed E-state index contributed by atoms with van der Waals surface area (Å²) in [6.45, 7) is 2.98. The molecule has 3 aromatic rings. The molecule has 162 valence electrons. The predicted molar refractivity (Wildman–Crippen MR) is 123 cm³/mol. The molecule has 0 aromatic heterocycles. The highest BCUT2D eigenvalue weighted by Crippen LogP contribution is 2.32. The van der Waals surface area contributed by atoms with E-state index in [1.807, 2.05) is 79.7 Å². The van der Waals surface area contributed by atoms with Crippen LogP contribution in [0.1, 0.15) is 23.6 Å². The van der Waals surface area contributed by atoms with Crippen molar-refractivity contribution in [3.05, 3.63) is 101 Å². The minimum Gasteiger partial charge on any atom is -0.494 e. The van der Waals surface area contributed by atoms with Crippen LogP contribution in [0.3, 0.4) is 0 Å². The largest absolute Gasteiger partial charge is 0.494 e. The lowest BCUT2D eigenvalue weighted by Crippen LogP contribution is -1.99. The molecule has 3 aromatic carbocycles. The Labute approximate surface area is 187 Å². The van der Waals surface area contributed by atoms with Gasteiger partial charge >= 0.3 is 5.97 Å². The number of ether oxygens (including phenoxy) is 4. The lowest BCUT2D eigenvalue weighted by molar-refractivity contribution is -0.130. The van der Waals surface area contributed by atoms with Crippen molar-refractivity contribution in [3.63, 3.8) is 0 Å². The standard InChI is InChI=1S/C27H24O5/c1-3-30-23-12-10-21(11-13-23)25-17-22(27(28)32-25)15-20-9-14-24(26(16-20)29-2)31-18-19-7-5-4-6-8-19/h4-17H,3,18H2,1-2H3/b22-15-. The molecular weight excluding hydrogens is 404 g/mol. The summed E-state index contributed by atoms with van der Waals surface area (Å²) in [6.07, 6.45) is 3.51. The molecule has 0 amide bonds. The average molecular weight is 428 g/mol. The number of esters is 1. The summed E-state index contributed by atoms with van der Waals surface area (Å²) < 4.78 is 22.3. The number of carbonyl (C=O) groups is 1. The van der Waals surface area contributed by atoms with Gasteiger partial charge in [0.05, 0.1) is 19.3 Å². The highest BCUT2D eigenvalue weighted by molar-refractivity contribution is 6.05. The highest BCUT2D eigenvalue weighted by atomic mass is 16.5. The van der Waals surface area contributed by atoms with E-state index >= 15 is 0 Å². The van der Waals surface area contributed by atoms with Crippen molar-refractivity contribution in [2.75, 3.05) is 13.7 Å². The van der Waals surface area contributed by atoms with E-state index in [-0.39, 0.29) is 0 Å². The molecule has 0 spiro atoms. The maximum Gasteiger partial charge on any atom is 0.343 e. The summed E-state index contributed by atoms with van der Waals surface area (Å²) in [7, 11) is 1.59. The molecule has 0 aliphatic carbocycles. The van der Waals surface area contributed by atoms with E-state index in [1.165, 1.54) is 0 Å². The highest BCUT2D eigenvalue weighted by Gasteiger charge is 2.22. The molecule has 5 nitrogen and oxygen atoms in total. The van der Waals surface area contributed by atoms with Crippen LogP contribution in [0.25, 0.3) is 11.8 Å². The first-order valence-corrected chi connectivity index (χ1v) is 10.4. The fraction of sp³-hybridized carbons (Fsp3) is 0.148. The number of rotatable bonds is 8. The monoisotopic (exact) mass is 428 g/mol. The molecule has 1 aliphatic rings. The first-order chi connectivity index (χ1) is 15.7. The van der Waals surface area contributed by atoms with Crippen LogP contribution in [-0.2, 0) is 16.1 Å². The number of methoxy groups -OCH3 is 1. The molecular formula is C27H24O5. The third-order valence-corrected chi connectivity index (χ3v) is 4.92. The van der Waals surface area contributed by atoms with E-state index in [0.29, 0.717) is 36.0 Å². The van der Waals surface area contributed by atoms with Gasteiger partial charge in [-0.3, -0.25) is 0 Å². The molecule has 0 saturated heterocycles. The van der Waals surface area contributed by atoms with Crippen molar-refractivity contribution in [2.24, 2.45) is 0 Å². The van der Waals surface area contributed by atoms with Crippen molar-refractivity contribution >= 4 is 17.8 Å². The van der Waals surface area contributed by atoms with E-state index in [1.54, 1.807) is 19.3 Å². The zero-order valence-corrected chi connectivity index (χ0v) is 18.0. The van der Waals surface area contributed by atoms with E-state index in [2.05, 4.69) is 0 Å². The molecule has 1 aliphatic heterocycles. The van der Waals surface area contributed by atoms with Crippen LogP contribution in [-0.4, -0.2) is 19.7 Å². The van der Waals surface area contributed by atoms with Gasteiger partial charge < -0.3 is 18.9 Å². The van der Waals surface area contributed by atoms with Crippen molar-refractivity contribution in [2.45, 2.75) is 13.5 Å². The van der Waals surface area contributed by atoms with Gasteiger partial charge in [0.25, 0.3) is 0 Å². The van der Waals surface area contributed by atoms with Gasteiger partial charge in [0.1, 0.15) is 18.1 Å². The fourth-order valence-electron chi connectivity index (χ4n) is 3.32. The van der Waals surface area contributed by atoms with Gasteiger partial charge in [0, 0.05) is 5.56 Å². The molecule has 0 unspecified atom stereocenters. The first-order valence-electron chi connectivity index (χ1n) is 10.4. The topological polar surface area (TPSA) is 54.0 Å². The van der Waals surface area contributed by atoms with Gasteiger partial charge in [-0.15, -0.1) is 0 Å². The maximum absolute atomic E-state index is 12.4. The Morgan fingerprint density at radius 1 is 0.906 bits per heavy atom. The van der Waals surface area contributed by atoms with Gasteiger partial charge in [-0.1, -0.05) is 36.4 Å². The molecule has 0 atom stereocenters. The second-order valence-electron chi connectivity index (χ2n) is 7.14. The molecule has 5 heteroatoms. The summed E-state index contributed by atoms with van der Waals surface area (Å²) in [4.78, 5) is 12.4. The number of cyclic esters (lactones) is 1. The van der Waals surface area contributed by atoms with Crippen LogP contribution >= 0.6 is 0 Å². The number of hydrogen-bond donors (Lipinski definition) is 0. The average Bonchev–Trinajstić information content (AvgIpc) is 3.19. The minimum absolute atomic E-state index is 0.391. The molecule has 0 bridgehead atoms. The second kappa shape index (κ2) is 9.88. The van der Waals surface area contributed by atoms with E-state index < -0.39 is 5.97 Å². The first kappa shape index (κ1) is 21.2. The number of benzene rings is 3. The van der Waals surface area contributed by atoms with E-state index in [0.717, 1.165) is 22.4 Å². The predicted octanol–water partition coefficient (Wildman–Crippen LogP) is 5.65. The zero-order chi connectivity index (χ0) is 22.3. The van der Waals surface area contributed by atoms with Gasteiger partial charge in [-0.05, 0) is 66.6 Å². The van der Waals surface area contributed by atoms with Crippen molar-refractivity contribution in [3.8, 4) is 17.2 Å². The Morgan fingerprint density at radius 2 is 1.69 bits per heavy atom. The lowest BCUT2D eigenvalue weighted by Gasteiger charge is -2.11. The lowest BCUT2D eigenvalue weighted by atomic mass is 10.1. The Balaban J connectivity index is 1.51. The molecule has 1 heterocycles. The molecule has 0 radical (unpaired) electrons. The van der Waals surface area contributed by atoms with Gasteiger partial charge in [-0.25, -0.2) is 4.79 Å². The Kier molecular flexibility index (Phi) is 6.56. The summed E-state index contributed by atoms with van der Waals surface area (Å²) in [5.41, 5.74) is 3.16. The van der Waals surface area contributed by atoms with Crippen LogP contribution in [0.4, 0.5) is 0 Å². The van der Waals surface area contributed by atoms with Crippen molar-refractivity contribution in [1.29, 1.82) is 0 Å². The van der Waals surface area contributed by atoms with Crippen LogP contribution in [0, 0.1) is 0 Å². The summed E-state index contributed by atoms with van der Waals surface area (Å²) in [5.74, 6) is 2.13. The molecule has 0 saturated carbocycles. The molecule has 0 fully saturated rings. The molecule has 0 N–H and O–H groups in total. The number of carbonyl (C=O) groups excluding carboxylic acids is 1. The van der Waals surface area contributed by atoms with E-state index in [9.17, 15) is 4.79 Å². The Morgan fingerprint density at radius 3 is 2.41 bits per heavy atom. The van der Waals surface area contributed by atoms with Crippen LogP contribution in [0.2, 0.25) is 0 Å². The number of hydrogen-bond acceptors (Lipinski definition) is 5. The SMILES string of the molecule is CCOc1ccc(C2=C/C(=C/c3ccc(OCc4ccccc4)c(OC)c3)C(=O)O2)cc1. The van der Waals surface area contributed by atoms with Gasteiger partial charge in [0.2, 0.25) is 0 Å². The molecule has 32 heavy (non-hydrogen) atoms. The zero-order valence-electron chi connectivity index (χ0n) is 18.0. The quantitative estimate of drug-likeness (QED) is 0.343.